The molecule has 4 aromatic rings. The first kappa shape index (κ1) is 23.5. The highest BCUT2D eigenvalue weighted by molar-refractivity contribution is 5.94. The van der Waals surface area contributed by atoms with E-state index in [4.69, 9.17) is 9.94 Å². The van der Waals surface area contributed by atoms with E-state index in [-0.39, 0.29) is 6.03 Å². The van der Waals surface area contributed by atoms with Crippen molar-refractivity contribution >= 4 is 28.5 Å². The molecule has 1 aromatic heterocycles. The second kappa shape index (κ2) is 10.2. The molecule has 1 aliphatic heterocycles. The summed E-state index contributed by atoms with van der Waals surface area (Å²) in [6, 6.07) is 20.8. The lowest BCUT2D eigenvalue weighted by atomic mass is 10.0. The van der Waals surface area contributed by atoms with Gasteiger partial charge in [-0.2, -0.15) is 5.10 Å². The van der Waals surface area contributed by atoms with Crippen LogP contribution in [-0.4, -0.2) is 58.1 Å². The second-order valence-electron chi connectivity index (χ2n) is 8.70. The number of benzene rings is 3. The molecule has 1 aliphatic rings. The number of morpholine rings is 1. The van der Waals surface area contributed by atoms with E-state index in [9.17, 15) is 9.59 Å². The summed E-state index contributed by atoms with van der Waals surface area (Å²) in [5.41, 5.74) is 6.68. The van der Waals surface area contributed by atoms with Gasteiger partial charge in [0.15, 0.2) is 0 Å². The predicted octanol–water partition coefficient (Wildman–Crippen LogP) is 3.82. The fourth-order valence-electron chi connectivity index (χ4n) is 4.40. The third-order valence-electron chi connectivity index (χ3n) is 6.41. The molecule has 3 aromatic carbocycles. The van der Waals surface area contributed by atoms with Crippen LogP contribution in [0.4, 0.5) is 10.5 Å². The number of nitrogens with one attached hydrogen (secondary N) is 1. The van der Waals surface area contributed by atoms with Crippen LogP contribution >= 0.6 is 0 Å². The van der Waals surface area contributed by atoms with Crippen LogP contribution in [0.15, 0.2) is 72.9 Å². The molecule has 0 spiro atoms. The largest absolute Gasteiger partial charge is 0.378 e. The summed E-state index contributed by atoms with van der Waals surface area (Å²) in [5, 5.41) is 14.3. The van der Waals surface area contributed by atoms with Gasteiger partial charge in [-0.05, 0) is 53.1 Å². The maximum absolute atomic E-state index is 13.6. The zero-order valence-corrected chi connectivity index (χ0v) is 19.9. The number of hydroxylamine groups is 1. The van der Waals surface area contributed by atoms with E-state index in [1.54, 1.807) is 39.5 Å². The molecule has 0 aliphatic carbocycles. The van der Waals surface area contributed by atoms with Crippen LogP contribution in [0.5, 0.6) is 0 Å². The molecule has 36 heavy (non-hydrogen) atoms. The number of hydrogen-bond donors (Lipinski definition) is 2. The molecule has 0 saturated carbocycles. The monoisotopic (exact) mass is 485 g/mol. The highest BCUT2D eigenvalue weighted by Gasteiger charge is 2.25. The number of carbonyl (C=O) groups is 2. The Balaban J connectivity index is 1.48. The predicted molar refractivity (Wildman–Crippen MR) is 136 cm³/mol. The summed E-state index contributed by atoms with van der Waals surface area (Å²) in [6.45, 7) is 2.40. The molecule has 0 radical (unpaired) electrons. The number of ether oxygens (including phenoxy) is 1. The van der Waals surface area contributed by atoms with Crippen molar-refractivity contribution in [2.45, 2.75) is 6.54 Å². The Morgan fingerprint density at radius 2 is 1.78 bits per heavy atom. The van der Waals surface area contributed by atoms with Gasteiger partial charge >= 0.3 is 6.03 Å². The van der Waals surface area contributed by atoms with Crippen molar-refractivity contribution in [2.24, 2.45) is 7.05 Å². The maximum atomic E-state index is 13.6. The standard InChI is InChI=1S/C27H27N5O4/c1-30-25-10-9-22(15-23(25)17-28-30)21-3-2-4-24(16-21)32(27(34)31-11-13-36-14-12-31)18-19-5-7-20(8-6-19)26(33)29-35/h2-10,15-17,35H,11-14,18H2,1H3,(H,29,33). The van der Waals surface area contributed by atoms with Crippen molar-refractivity contribution in [2.75, 3.05) is 31.2 Å². The number of anilines is 1. The fraction of sp³-hybridized carbons (Fsp3) is 0.222. The smallest absolute Gasteiger partial charge is 0.324 e. The van der Waals surface area contributed by atoms with Crippen LogP contribution in [0.25, 0.3) is 22.0 Å². The Kier molecular flexibility index (Phi) is 6.66. The molecule has 3 amide bonds. The van der Waals surface area contributed by atoms with Crippen LogP contribution < -0.4 is 10.4 Å². The minimum atomic E-state index is -0.582. The maximum Gasteiger partial charge on any atom is 0.324 e. The minimum Gasteiger partial charge on any atom is -0.378 e. The van der Waals surface area contributed by atoms with Crippen LogP contribution in [0.1, 0.15) is 15.9 Å². The van der Waals surface area contributed by atoms with Crippen LogP contribution in [-0.2, 0) is 18.3 Å². The number of fused-ring (bicyclic) bond motifs is 1. The van der Waals surface area contributed by atoms with E-state index in [1.807, 2.05) is 48.3 Å². The summed E-state index contributed by atoms with van der Waals surface area (Å²) >= 11 is 0. The van der Waals surface area contributed by atoms with Crippen molar-refractivity contribution in [3.63, 3.8) is 0 Å². The Labute approximate surface area is 208 Å². The van der Waals surface area contributed by atoms with Gasteiger partial charge in [-0.25, -0.2) is 10.3 Å². The van der Waals surface area contributed by atoms with E-state index in [0.29, 0.717) is 38.4 Å². The van der Waals surface area contributed by atoms with Gasteiger partial charge in [0.1, 0.15) is 0 Å². The quantitative estimate of drug-likeness (QED) is 0.331. The Hall–Kier alpha value is -4.21. The second-order valence-corrected chi connectivity index (χ2v) is 8.70. The van der Waals surface area contributed by atoms with E-state index in [2.05, 4.69) is 17.2 Å². The third-order valence-corrected chi connectivity index (χ3v) is 6.41. The Bertz CT molecular complexity index is 1390. The number of nitrogens with zero attached hydrogens (tertiary/aromatic N) is 4. The lowest BCUT2D eigenvalue weighted by Crippen LogP contribution is -2.48. The molecule has 0 atom stereocenters. The van der Waals surface area contributed by atoms with Crippen molar-refractivity contribution in [3.05, 3.63) is 84.1 Å². The SMILES string of the molecule is Cn1ncc2cc(-c3cccc(N(Cc4ccc(C(=O)NO)cc4)C(=O)N4CCOCC4)c3)ccc21. The molecular weight excluding hydrogens is 458 g/mol. The average Bonchev–Trinajstić information content (AvgIpc) is 3.31. The van der Waals surface area contributed by atoms with Crippen molar-refractivity contribution < 1.29 is 19.5 Å². The lowest BCUT2D eigenvalue weighted by Gasteiger charge is -2.33. The fourth-order valence-corrected chi connectivity index (χ4v) is 4.40. The molecule has 9 nitrogen and oxygen atoms in total. The number of urea groups is 1. The van der Waals surface area contributed by atoms with Gasteiger partial charge in [-0.3, -0.25) is 19.6 Å². The molecular formula is C27H27N5O4. The molecule has 0 unspecified atom stereocenters. The van der Waals surface area contributed by atoms with E-state index < -0.39 is 5.91 Å². The van der Waals surface area contributed by atoms with Gasteiger partial charge in [0, 0.05) is 36.8 Å². The van der Waals surface area contributed by atoms with Gasteiger partial charge in [0.25, 0.3) is 5.91 Å². The van der Waals surface area contributed by atoms with E-state index in [0.717, 1.165) is 33.3 Å². The topological polar surface area (TPSA) is 99.9 Å². The third kappa shape index (κ3) is 4.79. The van der Waals surface area contributed by atoms with Gasteiger partial charge in [-0.1, -0.05) is 30.3 Å². The number of hydrogen-bond acceptors (Lipinski definition) is 5. The first-order valence-electron chi connectivity index (χ1n) is 11.7. The van der Waals surface area contributed by atoms with E-state index >= 15 is 0 Å². The van der Waals surface area contributed by atoms with E-state index in [1.165, 1.54) is 0 Å². The molecule has 5 rings (SSSR count). The number of aromatic nitrogens is 2. The number of aryl methyl sites for hydroxylation is 1. The Morgan fingerprint density at radius 1 is 1.03 bits per heavy atom. The summed E-state index contributed by atoms with van der Waals surface area (Å²) in [6.07, 6.45) is 1.84. The number of rotatable bonds is 5. The summed E-state index contributed by atoms with van der Waals surface area (Å²) in [4.78, 5) is 28.9. The molecule has 1 fully saturated rings. The van der Waals surface area contributed by atoms with Crippen LogP contribution in [0.2, 0.25) is 0 Å². The molecule has 1 saturated heterocycles. The van der Waals surface area contributed by atoms with Crippen molar-refractivity contribution in [1.29, 1.82) is 0 Å². The Morgan fingerprint density at radius 3 is 2.53 bits per heavy atom. The zero-order chi connectivity index (χ0) is 25.1. The molecule has 9 heteroatoms. The summed E-state index contributed by atoms with van der Waals surface area (Å²) in [5.74, 6) is -0.582. The highest BCUT2D eigenvalue weighted by Crippen LogP contribution is 2.29. The first-order chi connectivity index (χ1) is 17.5. The normalized spacial score (nSPS) is 13.6. The molecule has 2 heterocycles. The first-order valence-corrected chi connectivity index (χ1v) is 11.7. The van der Waals surface area contributed by atoms with Gasteiger partial charge in [-0.15, -0.1) is 0 Å². The van der Waals surface area contributed by atoms with Crippen LogP contribution in [0.3, 0.4) is 0 Å². The molecule has 0 bridgehead atoms. The highest BCUT2D eigenvalue weighted by atomic mass is 16.5. The van der Waals surface area contributed by atoms with Gasteiger partial charge in [0.2, 0.25) is 0 Å². The zero-order valence-electron chi connectivity index (χ0n) is 19.9. The lowest BCUT2D eigenvalue weighted by molar-refractivity contribution is 0.0548. The average molecular weight is 486 g/mol. The van der Waals surface area contributed by atoms with Gasteiger partial charge in [0.05, 0.1) is 31.5 Å². The summed E-state index contributed by atoms with van der Waals surface area (Å²) < 4.78 is 7.28. The summed E-state index contributed by atoms with van der Waals surface area (Å²) in [7, 11) is 1.92. The number of amides is 3. The molecule has 184 valence electrons. The molecule has 2 N–H and O–H groups in total. The number of carbonyl (C=O) groups excluding carboxylic acids is 2. The van der Waals surface area contributed by atoms with Crippen molar-refractivity contribution in [1.82, 2.24) is 20.2 Å². The van der Waals surface area contributed by atoms with Crippen molar-refractivity contribution in [3.8, 4) is 11.1 Å². The van der Waals surface area contributed by atoms with Crippen LogP contribution in [0, 0.1) is 0 Å². The van der Waals surface area contributed by atoms with Gasteiger partial charge < -0.3 is 9.64 Å². The minimum absolute atomic E-state index is 0.102.